The van der Waals surface area contributed by atoms with Crippen molar-refractivity contribution < 1.29 is 9.18 Å². The lowest BCUT2D eigenvalue weighted by atomic mass is 10.2. The minimum absolute atomic E-state index is 0.0407. The molecule has 2 aromatic rings. The van der Waals surface area contributed by atoms with E-state index < -0.39 is 17.1 Å². The van der Waals surface area contributed by atoms with Crippen molar-refractivity contribution in [2.24, 2.45) is 5.92 Å². The third-order valence-corrected chi connectivity index (χ3v) is 5.32. The summed E-state index contributed by atoms with van der Waals surface area (Å²) in [5.41, 5.74) is 5.13. The average Bonchev–Trinajstić information content (AvgIpc) is 2.70. The van der Waals surface area contributed by atoms with Crippen molar-refractivity contribution in [1.29, 1.82) is 0 Å². The van der Waals surface area contributed by atoms with Crippen LogP contribution in [0, 0.1) is 11.7 Å². The number of aromatic amines is 1. The molecule has 0 fully saturated rings. The van der Waals surface area contributed by atoms with Crippen molar-refractivity contribution in [3.63, 3.8) is 0 Å². The van der Waals surface area contributed by atoms with Gasteiger partial charge in [-0.05, 0) is 31.5 Å². The molecule has 0 aliphatic heterocycles. The second kappa shape index (κ2) is 11.3. The Balaban J connectivity index is 2.36. The standard InChI is InChI=1S/C22H31ClFN5O3/c1-5-6-10-28(19-20(25)29(11-14(2)3)22(32)26-21(19)31)18(30)13-27(4)12-15-16(23)8-7-9-17(15)24/h7-9,14H,5-6,10-13,25H2,1-4H3,(H,26,31,32). The van der Waals surface area contributed by atoms with Crippen LogP contribution >= 0.6 is 11.6 Å². The number of anilines is 2. The van der Waals surface area contributed by atoms with Gasteiger partial charge in [0.15, 0.2) is 5.69 Å². The predicted molar refractivity (Wildman–Crippen MR) is 126 cm³/mol. The highest BCUT2D eigenvalue weighted by atomic mass is 35.5. The van der Waals surface area contributed by atoms with Crippen LogP contribution in [0.3, 0.4) is 0 Å². The smallest absolute Gasteiger partial charge is 0.330 e. The Kier molecular flexibility index (Phi) is 9.03. The number of amides is 1. The summed E-state index contributed by atoms with van der Waals surface area (Å²) in [4.78, 5) is 43.3. The van der Waals surface area contributed by atoms with E-state index in [1.54, 1.807) is 18.0 Å². The maximum Gasteiger partial charge on any atom is 0.330 e. The van der Waals surface area contributed by atoms with Crippen LogP contribution in [-0.4, -0.2) is 40.5 Å². The quantitative estimate of drug-likeness (QED) is 0.559. The van der Waals surface area contributed by atoms with Crippen LogP contribution in [0.25, 0.3) is 0 Å². The molecule has 3 N–H and O–H groups in total. The van der Waals surface area contributed by atoms with E-state index in [4.69, 9.17) is 17.3 Å². The lowest BCUT2D eigenvalue weighted by Gasteiger charge is -2.27. The highest BCUT2D eigenvalue weighted by Crippen LogP contribution is 2.22. The summed E-state index contributed by atoms with van der Waals surface area (Å²) in [6, 6.07) is 4.41. The number of nitrogen functional groups attached to an aromatic ring is 1. The number of unbranched alkanes of at least 4 members (excludes halogenated alkanes) is 1. The minimum atomic E-state index is -0.711. The van der Waals surface area contributed by atoms with Crippen molar-refractivity contribution in [2.75, 3.05) is 30.8 Å². The van der Waals surface area contributed by atoms with E-state index in [0.717, 1.165) is 6.42 Å². The van der Waals surface area contributed by atoms with Gasteiger partial charge in [0.2, 0.25) is 5.91 Å². The number of nitrogens with zero attached hydrogens (tertiary/aromatic N) is 3. The molecule has 1 heterocycles. The summed E-state index contributed by atoms with van der Waals surface area (Å²) in [7, 11) is 1.66. The van der Waals surface area contributed by atoms with E-state index in [9.17, 15) is 18.8 Å². The first-order valence-electron chi connectivity index (χ1n) is 10.6. The van der Waals surface area contributed by atoms with E-state index in [1.165, 1.54) is 21.6 Å². The third kappa shape index (κ3) is 6.20. The van der Waals surface area contributed by atoms with Gasteiger partial charge in [-0.2, -0.15) is 0 Å². The minimum Gasteiger partial charge on any atom is -0.383 e. The monoisotopic (exact) mass is 467 g/mol. The molecule has 10 heteroatoms. The normalized spacial score (nSPS) is 11.4. The van der Waals surface area contributed by atoms with Gasteiger partial charge in [-0.15, -0.1) is 0 Å². The summed E-state index contributed by atoms with van der Waals surface area (Å²) in [6.07, 6.45) is 1.42. The maximum atomic E-state index is 14.1. The molecule has 0 bridgehead atoms. The van der Waals surface area contributed by atoms with Crippen molar-refractivity contribution in [1.82, 2.24) is 14.5 Å². The maximum absolute atomic E-state index is 14.1. The zero-order valence-electron chi connectivity index (χ0n) is 19.0. The van der Waals surface area contributed by atoms with Crippen LogP contribution in [0.4, 0.5) is 15.9 Å². The van der Waals surface area contributed by atoms with Crippen molar-refractivity contribution in [2.45, 2.75) is 46.7 Å². The Morgan fingerprint density at radius 3 is 2.59 bits per heavy atom. The van der Waals surface area contributed by atoms with Crippen LogP contribution in [0.15, 0.2) is 27.8 Å². The largest absolute Gasteiger partial charge is 0.383 e. The van der Waals surface area contributed by atoms with Gasteiger partial charge in [-0.3, -0.25) is 24.0 Å². The first-order valence-corrected chi connectivity index (χ1v) is 11.0. The van der Waals surface area contributed by atoms with E-state index >= 15 is 0 Å². The molecule has 1 amide bonds. The van der Waals surface area contributed by atoms with Gasteiger partial charge in [-0.25, -0.2) is 9.18 Å². The van der Waals surface area contributed by atoms with Gasteiger partial charge in [0, 0.05) is 30.2 Å². The van der Waals surface area contributed by atoms with E-state index in [2.05, 4.69) is 4.98 Å². The molecule has 0 saturated carbocycles. The van der Waals surface area contributed by atoms with Crippen LogP contribution in [0.1, 0.15) is 39.2 Å². The number of rotatable bonds is 10. The Morgan fingerprint density at radius 1 is 1.31 bits per heavy atom. The molecule has 176 valence electrons. The van der Waals surface area contributed by atoms with E-state index in [1.807, 2.05) is 20.8 Å². The fourth-order valence-electron chi connectivity index (χ4n) is 3.39. The van der Waals surface area contributed by atoms with E-state index in [-0.39, 0.29) is 53.6 Å². The van der Waals surface area contributed by atoms with Gasteiger partial charge in [0.1, 0.15) is 11.6 Å². The Morgan fingerprint density at radius 2 is 2.00 bits per heavy atom. The molecule has 1 aromatic carbocycles. The Hall–Kier alpha value is -2.65. The number of aromatic nitrogens is 2. The molecule has 0 aliphatic rings. The third-order valence-electron chi connectivity index (χ3n) is 4.96. The lowest BCUT2D eigenvalue weighted by Crippen LogP contribution is -2.45. The zero-order chi connectivity index (χ0) is 24.0. The SMILES string of the molecule is CCCCN(C(=O)CN(C)Cc1c(F)cccc1Cl)c1c(N)n(CC(C)C)c(=O)[nH]c1=O. The number of hydrogen-bond donors (Lipinski definition) is 2. The molecule has 0 saturated heterocycles. The second-order valence-corrected chi connectivity index (χ2v) is 8.68. The van der Waals surface area contributed by atoms with Crippen molar-refractivity contribution in [3.8, 4) is 0 Å². The number of hydrogen-bond acceptors (Lipinski definition) is 5. The second-order valence-electron chi connectivity index (χ2n) is 8.27. The van der Waals surface area contributed by atoms with Gasteiger partial charge in [0.25, 0.3) is 5.56 Å². The number of nitrogens with one attached hydrogen (secondary N) is 1. The lowest BCUT2D eigenvalue weighted by molar-refractivity contribution is -0.119. The first kappa shape index (κ1) is 25.6. The number of likely N-dealkylation sites (N-methyl/N-ethyl adjacent to an activating group) is 1. The summed E-state index contributed by atoms with van der Waals surface area (Å²) < 4.78 is 15.4. The molecular formula is C22H31ClFN5O3. The van der Waals surface area contributed by atoms with Crippen molar-refractivity contribution >= 4 is 29.0 Å². The average molecular weight is 468 g/mol. The number of carbonyl (C=O) groups is 1. The zero-order valence-corrected chi connectivity index (χ0v) is 19.7. The summed E-state index contributed by atoms with van der Waals surface area (Å²) in [5, 5.41) is 0.272. The van der Waals surface area contributed by atoms with Crippen molar-refractivity contribution in [3.05, 3.63) is 55.4 Å². The molecular weight excluding hydrogens is 437 g/mol. The van der Waals surface area contributed by atoms with Gasteiger partial charge in [-0.1, -0.05) is 44.9 Å². The molecule has 2 rings (SSSR count). The van der Waals surface area contributed by atoms with Gasteiger partial charge < -0.3 is 10.6 Å². The molecule has 0 radical (unpaired) electrons. The number of nitrogens with two attached hydrogens (primary N) is 1. The summed E-state index contributed by atoms with van der Waals surface area (Å²) in [5.74, 6) is -0.789. The number of H-pyrrole nitrogens is 1. The molecule has 0 aliphatic carbocycles. The van der Waals surface area contributed by atoms with Crippen LogP contribution < -0.4 is 21.9 Å². The first-order chi connectivity index (χ1) is 15.1. The van der Waals surface area contributed by atoms with Crippen LogP contribution in [0.2, 0.25) is 5.02 Å². The van der Waals surface area contributed by atoms with Gasteiger partial charge in [0.05, 0.1) is 6.54 Å². The number of benzene rings is 1. The van der Waals surface area contributed by atoms with Gasteiger partial charge >= 0.3 is 5.69 Å². The molecule has 0 unspecified atom stereocenters. The van der Waals surface area contributed by atoms with E-state index in [0.29, 0.717) is 13.0 Å². The Bertz CT molecular complexity index is 1050. The summed E-state index contributed by atoms with van der Waals surface area (Å²) in [6.45, 7) is 6.36. The highest BCUT2D eigenvalue weighted by Gasteiger charge is 2.25. The summed E-state index contributed by atoms with van der Waals surface area (Å²) >= 11 is 6.10. The molecule has 0 atom stereocenters. The fraction of sp³-hybridized carbons (Fsp3) is 0.500. The highest BCUT2D eigenvalue weighted by molar-refractivity contribution is 6.31. The number of carbonyl (C=O) groups excluding carboxylic acids is 1. The Labute approximate surface area is 191 Å². The van der Waals surface area contributed by atoms with Crippen LogP contribution in [-0.2, 0) is 17.9 Å². The fourth-order valence-corrected chi connectivity index (χ4v) is 3.61. The molecule has 1 aromatic heterocycles. The molecule has 8 nitrogen and oxygen atoms in total. The number of halogens is 2. The molecule has 0 spiro atoms. The molecule has 32 heavy (non-hydrogen) atoms. The van der Waals surface area contributed by atoms with Crippen LogP contribution in [0.5, 0.6) is 0 Å². The predicted octanol–water partition coefficient (Wildman–Crippen LogP) is 2.83. The topological polar surface area (TPSA) is 104 Å².